The molecule has 0 aliphatic carbocycles. The summed E-state index contributed by atoms with van der Waals surface area (Å²) in [5.41, 5.74) is 0. The predicted molar refractivity (Wildman–Crippen MR) is 68.5 cm³/mol. The molecule has 0 bridgehead atoms. The summed E-state index contributed by atoms with van der Waals surface area (Å²) in [4.78, 5) is 0. The first-order valence-electron chi connectivity index (χ1n) is 5.73. The van der Waals surface area contributed by atoms with Crippen LogP contribution in [-0.2, 0) is 12.3 Å². The number of nitrogens with one attached hydrogen (secondary N) is 1. The SMILES string of the molecule is CCNCc1ccc(CSCC(C)CO)o1. The van der Waals surface area contributed by atoms with Crippen molar-refractivity contribution in [1.29, 1.82) is 0 Å². The average molecular weight is 243 g/mol. The number of hydrogen-bond acceptors (Lipinski definition) is 4. The first-order valence-corrected chi connectivity index (χ1v) is 6.88. The van der Waals surface area contributed by atoms with Crippen molar-refractivity contribution in [3.05, 3.63) is 23.7 Å². The van der Waals surface area contributed by atoms with Gasteiger partial charge in [0.25, 0.3) is 0 Å². The summed E-state index contributed by atoms with van der Waals surface area (Å²) in [6.45, 7) is 6.14. The van der Waals surface area contributed by atoms with Gasteiger partial charge in [0, 0.05) is 6.61 Å². The van der Waals surface area contributed by atoms with Gasteiger partial charge in [-0.3, -0.25) is 0 Å². The largest absolute Gasteiger partial charge is 0.464 e. The molecule has 1 aromatic rings. The van der Waals surface area contributed by atoms with Crippen molar-refractivity contribution in [2.24, 2.45) is 5.92 Å². The van der Waals surface area contributed by atoms with Gasteiger partial charge in [0.1, 0.15) is 11.5 Å². The summed E-state index contributed by atoms with van der Waals surface area (Å²) in [5.74, 6) is 4.23. The van der Waals surface area contributed by atoms with E-state index in [9.17, 15) is 0 Å². The van der Waals surface area contributed by atoms with Gasteiger partial charge in [-0.25, -0.2) is 0 Å². The predicted octanol–water partition coefficient (Wildman–Crippen LogP) is 2.25. The van der Waals surface area contributed by atoms with Crippen LogP contribution in [0.3, 0.4) is 0 Å². The van der Waals surface area contributed by atoms with Crippen LogP contribution in [-0.4, -0.2) is 24.0 Å². The highest BCUT2D eigenvalue weighted by atomic mass is 32.2. The molecule has 0 saturated heterocycles. The normalized spacial score (nSPS) is 12.9. The van der Waals surface area contributed by atoms with Gasteiger partial charge in [0.2, 0.25) is 0 Å². The molecule has 0 aliphatic rings. The number of thioether (sulfide) groups is 1. The van der Waals surface area contributed by atoms with Crippen molar-refractivity contribution in [3.8, 4) is 0 Å². The van der Waals surface area contributed by atoms with Crippen LogP contribution < -0.4 is 5.32 Å². The number of hydrogen-bond donors (Lipinski definition) is 2. The molecular weight excluding hydrogens is 222 g/mol. The first kappa shape index (κ1) is 13.6. The molecule has 0 saturated carbocycles. The molecule has 0 aromatic carbocycles. The van der Waals surface area contributed by atoms with Gasteiger partial charge >= 0.3 is 0 Å². The Labute approximate surface area is 102 Å². The molecule has 16 heavy (non-hydrogen) atoms. The van der Waals surface area contributed by atoms with Crippen molar-refractivity contribution in [2.75, 3.05) is 18.9 Å². The molecule has 0 spiro atoms. The number of rotatable bonds is 8. The minimum absolute atomic E-state index is 0.261. The van der Waals surface area contributed by atoms with E-state index in [1.807, 2.05) is 19.1 Å². The minimum atomic E-state index is 0.261. The van der Waals surface area contributed by atoms with E-state index < -0.39 is 0 Å². The van der Waals surface area contributed by atoms with E-state index in [0.29, 0.717) is 5.92 Å². The van der Waals surface area contributed by atoms with E-state index in [0.717, 1.165) is 36.1 Å². The van der Waals surface area contributed by atoms with Gasteiger partial charge in [-0.15, -0.1) is 0 Å². The number of aliphatic hydroxyl groups is 1. The van der Waals surface area contributed by atoms with E-state index in [1.54, 1.807) is 11.8 Å². The third kappa shape index (κ3) is 5.05. The highest BCUT2D eigenvalue weighted by Crippen LogP contribution is 2.17. The molecule has 1 rings (SSSR count). The Morgan fingerprint density at radius 3 is 2.88 bits per heavy atom. The summed E-state index contributed by atoms with van der Waals surface area (Å²) in [5, 5.41) is 12.1. The molecule has 1 unspecified atom stereocenters. The fourth-order valence-corrected chi connectivity index (χ4v) is 2.24. The van der Waals surface area contributed by atoms with Crippen molar-refractivity contribution >= 4 is 11.8 Å². The zero-order valence-electron chi connectivity index (χ0n) is 10.0. The Balaban J connectivity index is 2.23. The summed E-state index contributed by atoms with van der Waals surface area (Å²) in [7, 11) is 0. The Morgan fingerprint density at radius 1 is 1.44 bits per heavy atom. The number of aliphatic hydroxyl groups excluding tert-OH is 1. The molecule has 0 aliphatic heterocycles. The molecule has 3 nitrogen and oxygen atoms in total. The molecule has 0 radical (unpaired) electrons. The van der Waals surface area contributed by atoms with E-state index in [4.69, 9.17) is 9.52 Å². The van der Waals surface area contributed by atoms with Gasteiger partial charge < -0.3 is 14.8 Å². The monoisotopic (exact) mass is 243 g/mol. The molecule has 2 N–H and O–H groups in total. The zero-order valence-corrected chi connectivity index (χ0v) is 10.8. The molecule has 92 valence electrons. The second-order valence-electron chi connectivity index (χ2n) is 3.95. The Morgan fingerprint density at radius 2 is 2.19 bits per heavy atom. The lowest BCUT2D eigenvalue weighted by atomic mass is 10.2. The summed E-state index contributed by atoms with van der Waals surface area (Å²) >= 11 is 1.80. The standard InChI is InChI=1S/C12H21NO2S/c1-3-13-6-11-4-5-12(15-11)9-16-8-10(2)7-14/h4-5,10,13-14H,3,6-9H2,1-2H3. The zero-order chi connectivity index (χ0) is 11.8. The third-order valence-electron chi connectivity index (χ3n) is 2.22. The second kappa shape index (κ2) is 7.76. The Bertz CT molecular complexity index is 288. The van der Waals surface area contributed by atoms with Crippen molar-refractivity contribution in [2.45, 2.75) is 26.1 Å². The van der Waals surface area contributed by atoms with Crippen LogP contribution in [0.1, 0.15) is 25.4 Å². The molecule has 1 atom stereocenters. The summed E-state index contributed by atoms with van der Waals surface area (Å²) in [6, 6.07) is 4.05. The summed E-state index contributed by atoms with van der Waals surface area (Å²) < 4.78 is 5.66. The van der Waals surface area contributed by atoms with Gasteiger partial charge in [-0.05, 0) is 30.3 Å². The van der Waals surface area contributed by atoms with Crippen molar-refractivity contribution in [3.63, 3.8) is 0 Å². The van der Waals surface area contributed by atoms with Gasteiger partial charge in [0.15, 0.2) is 0 Å². The Kier molecular flexibility index (Phi) is 6.61. The Hall–Kier alpha value is -0.450. The molecule has 0 amide bonds. The van der Waals surface area contributed by atoms with E-state index in [1.165, 1.54) is 0 Å². The second-order valence-corrected chi connectivity index (χ2v) is 4.98. The molecule has 4 heteroatoms. The molecule has 1 heterocycles. The highest BCUT2D eigenvalue weighted by Gasteiger charge is 2.04. The smallest absolute Gasteiger partial charge is 0.117 e. The van der Waals surface area contributed by atoms with Gasteiger partial charge in [-0.1, -0.05) is 13.8 Å². The van der Waals surface area contributed by atoms with Crippen LogP contribution in [0.2, 0.25) is 0 Å². The maximum Gasteiger partial charge on any atom is 0.117 e. The van der Waals surface area contributed by atoms with Crippen LogP contribution in [0.4, 0.5) is 0 Å². The van der Waals surface area contributed by atoms with Crippen LogP contribution in [0.5, 0.6) is 0 Å². The van der Waals surface area contributed by atoms with E-state index >= 15 is 0 Å². The number of furan rings is 1. The highest BCUT2D eigenvalue weighted by molar-refractivity contribution is 7.98. The molecule has 1 aromatic heterocycles. The molecular formula is C12H21NO2S. The molecule has 0 fully saturated rings. The van der Waals surface area contributed by atoms with Gasteiger partial charge in [-0.2, -0.15) is 11.8 Å². The van der Waals surface area contributed by atoms with Crippen molar-refractivity contribution in [1.82, 2.24) is 5.32 Å². The summed E-state index contributed by atoms with van der Waals surface area (Å²) in [6.07, 6.45) is 0. The first-order chi connectivity index (χ1) is 7.76. The van der Waals surface area contributed by atoms with Crippen LogP contribution in [0, 0.1) is 5.92 Å². The van der Waals surface area contributed by atoms with E-state index in [2.05, 4.69) is 12.2 Å². The lowest BCUT2D eigenvalue weighted by Crippen LogP contribution is -2.10. The lowest BCUT2D eigenvalue weighted by Gasteiger charge is -2.05. The quantitative estimate of drug-likeness (QED) is 0.735. The fraction of sp³-hybridized carbons (Fsp3) is 0.667. The topological polar surface area (TPSA) is 45.4 Å². The maximum atomic E-state index is 8.89. The van der Waals surface area contributed by atoms with Crippen LogP contribution >= 0.6 is 11.8 Å². The average Bonchev–Trinajstić information content (AvgIpc) is 2.74. The van der Waals surface area contributed by atoms with E-state index in [-0.39, 0.29) is 6.61 Å². The fourth-order valence-electron chi connectivity index (χ4n) is 1.26. The third-order valence-corrected chi connectivity index (χ3v) is 3.52. The van der Waals surface area contributed by atoms with Gasteiger partial charge in [0.05, 0.1) is 12.3 Å². The van der Waals surface area contributed by atoms with Crippen LogP contribution in [0.15, 0.2) is 16.5 Å². The minimum Gasteiger partial charge on any atom is -0.464 e. The van der Waals surface area contributed by atoms with Crippen molar-refractivity contribution < 1.29 is 9.52 Å². The maximum absolute atomic E-state index is 8.89. The lowest BCUT2D eigenvalue weighted by molar-refractivity contribution is 0.250. The van der Waals surface area contributed by atoms with Crippen LogP contribution in [0.25, 0.3) is 0 Å².